The first-order valence-corrected chi connectivity index (χ1v) is 7.67. The molecule has 23 heavy (non-hydrogen) atoms. The van der Waals surface area contributed by atoms with Crippen molar-refractivity contribution < 1.29 is 9.59 Å². The third-order valence-corrected chi connectivity index (χ3v) is 4.21. The highest BCUT2D eigenvalue weighted by Crippen LogP contribution is 2.14. The molecule has 1 N–H and O–H groups in total. The molecule has 116 valence electrons. The van der Waals surface area contributed by atoms with Crippen LogP contribution >= 0.6 is 11.3 Å². The number of carbonyl (C=O) groups excluding carboxylic acids is 2. The predicted molar refractivity (Wildman–Crippen MR) is 88.5 cm³/mol. The van der Waals surface area contributed by atoms with E-state index in [1.807, 2.05) is 6.92 Å². The minimum atomic E-state index is -0.554. The molecule has 0 bridgehead atoms. The van der Waals surface area contributed by atoms with Gasteiger partial charge in [0.1, 0.15) is 5.56 Å². The van der Waals surface area contributed by atoms with E-state index in [2.05, 4.69) is 10.3 Å². The Bertz CT molecular complexity index is 988. The van der Waals surface area contributed by atoms with Gasteiger partial charge in [0.25, 0.3) is 11.5 Å². The molecule has 0 radical (unpaired) electrons. The molecule has 1 amide bonds. The van der Waals surface area contributed by atoms with Gasteiger partial charge >= 0.3 is 0 Å². The van der Waals surface area contributed by atoms with Gasteiger partial charge in [-0.05, 0) is 26.0 Å². The van der Waals surface area contributed by atoms with E-state index in [-0.39, 0.29) is 11.3 Å². The number of carbonyl (C=O) groups is 2. The molecule has 0 aliphatic rings. The third kappa shape index (κ3) is 2.91. The Labute approximate surface area is 135 Å². The molecule has 6 nitrogen and oxygen atoms in total. The molecular formula is C16H13N3O3S. The zero-order valence-electron chi connectivity index (χ0n) is 12.5. The summed E-state index contributed by atoms with van der Waals surface area (Å²) in [6.45, 7) is 3.32. The number of amides is 1. The Balaban J connectivity index is 1.95. The van der Waals surface area contributed by atoms with E-state index in [4.69, 9.17) is 0 Å². The first kappa shape index (κ1) is 15.1. The average molecular weight is 327 g/mol. The lowest BCUT2D eigenvalue weighted by atomic mass is 10.1. The van der Waals surface area contributed by atoms with Gasteiger partial charge in [0.2, 0.25) is 0 Å². The molecule has 0 fully saturated rings. The maximum atomic E-state index is 12.4. The van der Waals surface area contributed by atoms with Crippen molar-refractivity contribution >= 4 is 33.7 Å². The van der Waals surface area contributed by atoms with Crippen LogP contribution in [0.3, 0.4) is 0 Å². The van der Waals surface area contributed by atoms with Gasteiger partial charge in [-0.25, -0.2) is 4.98 Å². The number of aryl methyl sites for hydroxylation is 1. The zero-order chi connectivity index (χ0) is 16.6. The van der Waals surface area contributed by atoms with Crippen molar-refractivity contribution in [2.24, 2.45) is 0 Å². The van der Waals surface area contributed by atoms with Crippen LogP contribution in [0, 0.1) is 6.92 Å². The fraction of sp³-hybridized carbons (Fsp3) is 0.125. The number of nitrogens with one attached hydrogen (secondary N) is 1. The van der Waals surface area contributed by atoms with Crippen LogP contribution in [-0.4, -0.2) is 21.1 Å². The van der Waals surface area contributed by atoms with Crippen LogP contribution in [0.5, 0.6) is 0 Å². The van der Waals surface area contributed by atoms with Gasteiger partial charge in [-0.2, -0.15) is 0 Å². The van der Waals surface area contributed by atoms with Gasteiger partial charge in [-0.15, -0.1) is 11.3 Å². The molecule has 1 aromatic carbocycles. The number of anilines is 1. The number of Topliss-reactive ketones (excluding diaryl/α,β-unsaturated/α-hetero) is 1. The number of ketones is 1. The van der Waals surface area contributed by atoms with Gasteiger partial charge in [0.15, 0.2) is 10.7 Å². The van der Waals surface area contributed by atoms with Gasteiger partial charge in [-0.1, -0.05) is 12.1 Å². The Kier molecular flexibility index (Phi) is 3.79. The molecule has 3 aromatic rings. The standard InChI is InChI=1S/C16H13N3O3S/c1-9-8-19-15(22)13(7-17-16(19)23-9)14(21)18-12-5-3-4-11(6-12)10(2)20/h3-8H,1-2H3,(H,18,21). The summed E-state index contributed by atoms with van der Waals surface area (Å²) in [5, 5.41) is 2.62. The molecule has 0 atom stereocenters. The number of thiazole rings is 1. The highest BCUT2D eigenvalue weighted by Gasteiger charge is 2.15. The second-order valence-electron chi connectivity index (χ2n) is 5.06. The quantitative estimate of drug-likeness (QED) is 0.750. The van der Waals surface area contributed by atoms with E-state index in [1.165, 1.54) is 28.9 Å². The van der Waals surface area contributed by atoms with Crippen molar-refractivity contribution in [3.63, 3.8) is 0 Å². The fourth-order valence-electron chi connectivity index (χ4n) is 2.17. The summed E-state index contributed by atoms with van der Waals surface area (Å²) in [6.07, 6.45) is 2.93. The largest absolute Gasteiger partial charge is 0.322 e. The molecule has 0 aliphatic heterocycles. The minimum Gasteiger partial charge on any atom is -0.322 e. The molecule has 3 rings (SSSR count). The van der Waals surface area contributed by atoms with Crippen molar-refractivity contribution in [2.45, 2.75) is 13.8 Å². The highest BCUT2D eigenvalue weighted by molar-refractivity contribution is 7.16. The van der Waals surface area contributed by atoms with Crippen LogP contribution in [-0.2, 0) is 0 Å². The van der Waals surface area contributed by atoms with E-state index < -0.39 is 11.5 Å². The zero-order valence-corrected chi connectivity index (χ0v) is 13.3. The highest BCUT2D eigenvalue weighted by atomic mass is 32.1. The molecule has 0 aliphatic carbocycles. The van der Waals surface area contributed by atoms with E-state index in [9.17, 15) is 14.4 Å². The lowest BCUT2D eigenvalue weighted by molar-refractivity contribution is 0.101. The van der Waals surface area contributed by atoms with Gasteiger partial charge in [0.05, 0.1) is 0 Å². The Morgan fingerprint density at radius 3 is 2.83 bits per heavy atom. The predicted octanol–water partition coefficient (Wildman–Crippen LogP) is 2.52. The smallest absolute Gasteiger partial charge is 0.271 e. The van der Waals surface area contributed by atoms with E-state index in [1.54, 1.807) is 30.5 Å². The van der Waals surface area contributed by atoms with E-state index in [0.717, 1.165) is 4.88 Å². The van der Waals surface area contributed by atoms with Crippen molar-refractivity contribution in [3.8, 4) is 0 Å². The second kappa shape index (κ2) is 5.77. The monoisotopic (exact) mass is 327 g/mol. The molecule has 0 saturated carbocycles. The SMILES string of the molecule is CC(=O)c1cccc(NC(=O)c2cnc3sc(C)cn3c2=O)c1. The third-order valence-electron chi connectivity index (χ3n) is 3.29. The summed E-state index contributed by atoms with van der Waals surface area (Å²) in [6, 6.07) is 6.55. The van der Waals surface area contributed by atoms with Crippen LogP contribution in [0.4, 0.5) is 5.69 Å². The summed E-state index contributed by atoms with van der Waals surface area (Å²) >= 11 is 1.38. The topological polar surface area (TPSA) is 80.5 Å². The molecule has 0 saturated heterocycles. The molecular weight excluding hydrogens is 314 g/mol. The first-order chi connectivity index (χ1) is 11.0. The minimum absolute atomic E-state index is 0.0477. The van der Waals surface area contributed by atoms with E-state index in [0.29, 0.717) is 16.2 Å². The summed E-state index contributed by atoms with van der Waals surface area (Å²) in [7, 11) is 0. The van der Waals surface area contributed by atoms with Crippen molar-refractivity contribution in [1.29, 1.82) is 0 Å². The van der Waals surface area contributed by atoms with Gasteiger partial charge < -0.3 is 5.32 Å². The summed E-state index contributed by atoms with van der Waals surface area (Å²) in [5.74, 6) is -0.653. The Morgan fingerprint density at radius 2 is 2.09 bits per heavy atom. The summed E-state index contributed by atoms with van der Waals surface area (Å²) < 4.78 is 1.36. The normalized spacial score (nSPS) is 10.7. The number of nitrogens with zero attached hydrogens (tertiary/aromatic N) is 2. The Hall–Kier alpha value is -2.80. The first-order valence-electron chi connectivity index (χ1n) is 6.86. The lowest BCUT2D eigenvalue weighted by Gasteiger charge is -2.06. The Morgan fingerprint density at radius 1 is 1.30 bits per heavy atom. The fourth-order valence-corrected chi connectivity index (χ4v) is 2.95. The summed E-state index contributed by atoms with van der Waals surface area (Å²) in [4.78, 5) is 41.7. The number of rotatable bonds is 3. The lowest BCUT2D eigenvalue weighted by Crippen LogP contribution is -2.25. The van der Waals surface area contributed by atoms with Gasteiger partial charge in [-0.3, -0.25) is 18.8 Å². The number of benzene rings is 1. The molecule has 2 heterocycles. The van der Waals surface area contributed by atoms with Crippen LogP contribution < -0.4 is 10.9 Å². The number of hydrogen-bond donors (Lipinski definition) is 1. The van der Waals surface area contributed by atoms with Crippen molar-refractivity contribution in [3.05, 3.63) is 63.0 Å². The maximum Gasteiger partial charge on any atom is 0.271 e. The number of aromatic nitrogens is 2. The van der Waals surface area contributed by atoms with Crippen molar-refractivity contribution in [2.75, 3.05) is 5.32 Å². The summed E-state index contributed by atoms with van der Waals surface area (Å²) in [5.41, 5.74) is 0.475. The molecule has 0 unspecified atom stereocenters. The van der Waals surface area contributed by atoms with Gasteiger partial charge in [0, 0.05) is 28.5 Å². The molecule has 7 heteroatoms. The molecule has 2 aromatic heterocycles. The van der Waals surface area contributed by atoms with E-state index >= 15 is 0 Å². The number of fused-ring (bicyclic) bond motifs is 1. The van der Waals surface area contributed by atoms with Crippen LogP contribution in [0.2, 0.25) is 0 Å². The average Bonchev–Trinajstić information content (AvgIpc) is 2.89. The molecule has 0 spiro atoms. The van der Waals surface area contributed by atoms with Crippen LogP contribution in [0.25, 0.3) is 4.96 Å². The van der Waals surface area contributed by atoms with Crippen LogP contribution in [0.1, 0.15) is 32.5 Å². The second-order valence-corrected chi connectivity index (χ2v) is 6.28. The van der Waals surface area contributed by atoms with Crippen molar-refractivity contribution in [1.82, 2.24) is 9.38 Å². The number of hydrogen-bond acceptors (Lipinski definition) is 5. The van der Waals surface area contributed by atoms with Crippen LogP contribution in [0.15, 0.2) is 41.5 Å². The maximum absolute atomic E-state index is 12.4.